The normalized spacial score (nSPS) is 20.6. The second-order valence-electron chi connectivity index (χ2n) is 7.68. The third kappa shape index (κ3) is 3.88. The van der Waals surface area contributed by atoms with Crippen LogP contribution in [0.3, 0.4) is 0 Å². The topological polar surface area (TPSA) is 96.7 Å². The van der Waals surface area contributed by atoms with E-state index in [2.05, 4.69) is 29.2 Å². The van der Waals surface area contributed by atoms with E-state index < -0.39 is 10.0 Å². The van der Waals surface area contributed by atoms with Gasteiger partial charge < -0.3 is 5.32 Å². The molecule has 0 bridgehead atoms. The summed E-state index contributed by atoms with van der Waals surface area (Å²) in [5.74, 6) is 0.797. The Bertz CT molecular complexity index is 1130. The van der Waals surface area contributed by atoms with E-state index in [9.17, 15) is 13.2 Å². The molecule has 1 aromatic carbocycles. The number of fused-ring (bicyclic) bond motifs is 1. The number of hydrogen-bond donors (Lipinski definition) is 1. The van der Waals surface area contributed by atoms with E-state index in [1.54, 1.807) is 28.8 Å². The Kier molecular flexibility index (Phi) is 5.10. The summed E-state index contributed by atoms with van der Waals surface area (Å²) >= 11 is 0. The lowest BCUT2D eigenvalue weighted by molar-refractivity contribution is 0.102. The largest absolute Gasteiger partial charge is 0.306 e. The fraction of sp³-hybridized carbons (Fsp3) is 0.350. The van der Waals surface area contributed by atoms with Crippen molar-refractivity contribution in [2.75, 3.05) is 18.4 Å². The van der Waals surface area contributed by atoms with Gasteiger partial charge in [-0.3, -0.25) is 4.79 Å². The summed E-state index contributed by atoms with van der Waals surface area (Å²) < 4.78 is 29.0. The maximum atomic E-state index is 13.0. The van der Waals surface area contributed by atoms with Crippen LogP contribution in [0.25, 0.3) is 5.65 Å². The molecule has 29 heavy (non-hydrogen) atoms. The molecule has 0 saturated carbocycles. The van der Waals surface area contributed by atoms with E-state index in [1.807, 2.05) is 0 Å². The van der Waals surface area contributed by atoms with Crippen molar-refractivity contribution in [1.82, 2.24) is 18.9 Å². The highest BCUT2D eigenvalue weighted by Crippen LogP contribution is 2.26. The van der Waals surface area contributed by atoms with Gasteiger partial charge in [0.1, 0.15) is 5.82 Å². The second kappa shape index (κ2) is 7.57. The molecule has 2 aromatic heterocycles. The van der Waals surface area contributed by atoms with E-state index in [-0.39, 0.29) is 10.8 Å². The van der Waals surface area contributed by atoms with Crippen molar-refractivity contribution in [3.63, 3.8) is 0 Å². The summed E-state index contributed by atoms with van der Waals surface area (Å²) in [7, 11) is -3.57. The number of hydrogen-bond acceptors (Lipinski definition) is 5. The van der Waals surface area contributed by atoms with Gasteiger partial charge in [0.2, 0.25) is 10.0 Å². The van der Waals surface area contributed by atoms with Crippen LogP contribution in [0.1, 0.15) is 30.6 Å². The Hall–Kier alpha value is -2.78. The molecular formula is C20H23N5O3S. The SMILES string of the molecule is CC1CC(C)CN(S(=O)(=O)c2ccc(C(=O)Nc3ccnc4ccnn34)cc2)C1. The zero-order valence-electron chi connectivity index (χ0n) is 16.3. The second-order valence-corrected chi connectivity index (χ2v) is 9.62. The quantitative estimate of drug-likeness (QED) is 0.709. The highest BCUT2D eigenvalue weighted by atomic mass is 32.2. The predicted molar refractivity (Wildman–Crippen MR) is 109 cm³/mol. The van der Waals surface area contributed by atoms with Crippen LogP contribution in [-0.4, -0.2) is 46.3 Å². The van der Waals surface area contributed by atoms with Crippen LogP contribution in [0.5, 0.6) is 0 Å². The Balaban J connectivity index is 1.53. The van der Waals surface area contributed by atoms with Gasteiger partial charge >= 0.3 is 0 Å². The Morgan fingerprint density at radius 3 is 2.41 bits per heavy atom. The van der Waals surface area contributed by atoms with Crippen LogP contribution in [0.4, 0.5) is 5.82 Å². The van der Waals surface area contributed by atoms with Crippen LogP contribution in [0.15, 0.2) is 53.7 Å². The molecule has 1 aliphatic rings. The van der Waals surface area contributed by atoms with Gasteiger partial charge in [-0.15, -0.1) is 0 Å². The molecule has 1 amide bonds. The van der Waals surface area contributed by atoms with Crippen molar-refractivity contribution in [2.45, 2.75) is 25.2 Å². The lowest BCUT2D eigenvalue weighted by atomic mass is 9.94. The molecule has 1 fully saturated rings. The first kappa shape index (κ1) is 19.5. The minimum Gasteiger partial charge on any atom is -0.306 e. The molecule has 0 aliphatic carbocycles. The number of nitrogens with one attached hydrogen (secondary N) is 1. The van der Waals surface area contributed by atoms with Gasteiger partial charge in [-0.25, -0.2) is 13.4 Å². The predicted octanol–water partition coefficient (Wildman–Crippen LogP) is 2.65. The molecular weight excluding hydrogens is 390 g/mol. The van der Waals surface area contributed by atoms with Crippen LogP contribution in [-0.2, 0) is 10.0 Å². The average Bonchev–Trinajstić information content (AvgIpc) is 3.17. The Morgan fingerprint density at radius 2 is 1.72 bits per heavy atom. The van der Waals surface area contributed by atoms with Crippen molar-refractivity contribution in [2.24, 2.45) is 11.8 Å². The first-order chi connectivity index (χ1) is 13.8. The fourth-order valence-electron chi connectivity index (χ4n) is 3.85. The summed E-state index contributed by atoms with van der Waals surface area (Å²) in [4.78, 5) is 17.0. The summed E-state index contributed by atoms with van der Waals surface area (Å²) in [6.07, 6.45) is 4.21. The molecule has 1 saturated heterocycles. The number of piperidine rings is 1. The minimum atomic E-state index is -3.57. The Labute approximate surface area is 169 Å². The number of amides is 1. The van der Waals surface area contributed by atoms with Crippen LogP contribution in [0, 0.1) is 11.8 Å². The molecule has 9 heteroatoms. The van der Waals surface area contributed by atoms with Crippen molar-refractivity contribution < 1.29 is 13.2 Å². The van der Waals surface area contributed by atoms with Crippen molar-refractivity contribution in [3.05, 3.63) is 54.4 Å². The summed E-state index contributed by atoms with van der Waals surface area (Å²) in [5, 5.41) is 6.91. The van der Waals surface area contributed by atoms with Crippen LogP contribution >= 0.6 is 0 Å². The first-order valence-electron chi connectivity index (χ1n) is 9.55. The fourth-order valence-corrected chi connectivity index (χ4v) is 5.53. The van der Waals surface area contributed by atoms with Gasteiger partial charge in [0.05, 0.1) is 11.1 Å². The first-order valence-corrected chi connectivity index (χ1v) is 11.0. The number of sulfonamides is 1. The van der Waals surface area contributed by atoms with E-state index in [1.165, 1.54) is 28.8 Å². The molecule has 0 spiro atoms. The van der Waals surface area contributed by atoms with Crippen molar-refractivity contribution >= 4 is 27.4 Å². The summed E-state index contributed by atoms with van der Waals surface area (Å²) in [5.41, 5.74) is 0.982. The van der Waals surface area contributed by atoms with Crippen LogP contribution in [0.2, 0.25) is 0 Å². The number of benzene rings is 1. The number of carbonyl (C=O) groups is 1. The maximum Gasteiger partial charge on any atom is 0.256 e. The number of anilines is 1. The van der Waals surface area contributed by atoms with E-state index in [0.717, 1.165) is 6.42 Å². The molecule has 152 valence electrons. The Morgan fingerprint density at radius 1 is 1.03 bits per heavy atom. The lowest BCUT2D eigenvalue weighted by Gasteiger charge is -2.34. The molecule has 2 atom stereocenters. The van der Waals surface area contributed by atoms with Crippen molar-refractivity contribution in [3.8, 4) is 0 Å². The zero-order chi connectivity index (χ0) is 20.6. The van der Waals surface area contributed by atoms with Gasteiger partial charge in [0, 0.05) is 30.9 Å². The molecule has 3 aromatic rings. The van der Waals surface area contributed by atoms with Gasteiger partial charge in [-0.1, -0.05) is 13.8 Å². The average molecular weight is 414 g/mol. The molecule has 3 heterocycles. The van der Waals surface area contributed by atoms with Gasteiger partial charge in [-0.05, 0) is 48.6 Å². The molecule has 1 aliphatic heterocycles. The molecule has 2 unspecified atom stereocenters. The highest BCUT2D eigenvalue weighted by molar-refractivity contribution is 7.89. The smallest absolute Gasteiger partial charge is 0.256 e. The third-order valence-corrected chi connectivity index (χ3v) is 6.97. The molecule has 0 radical (unpaired) electrons. The molecule has 8 nitrogen and oxygen atoms in total. The third-order valence-electron chi connectivity index (χ3n) is 5.12. The maximum absolute atomic E-state index is 13.0. The van der Waals surface area contributed by atoms with Gasteiger partial charge in [0.15, 0.2) is 5.65 Å². The lowest BCUT2D eigenvalue weighted by Crippen LogP contribution is -2.42. The van der Waals surface area contributed by atoms with Gasteiger partial charge in [-0.2, -0.15) is 13.9 Å². The number of carbonyl (C=O) groups excluding carboxylic acids is 1. The van der Waals surface area contributed by atoms with Crippen molar-refractivity contribution in [1.29, 1.82) is 0 Å². The highest BCUT2D eigenvalue weighted by Gasteiger charge is 2.31. The monoisotopic (exact) mass is 413 g/mol. The van der Waals surface area contributed by atoms with E-state index in [0.29, 0.717) is 42.0 Å². The standard InChI is InChI=1S/C20H23N5O3S/c1-14-11-15(2)13-24(12-14)29(27,28)17-5-3-16(4-6-17)20(26)23-19-7-9-21-18-8-10-22-25(18)19/h3-10,14-15H,11-13H2,1-2H3,(H,23,26). The van der Waals surface area contributed by atoms with E-state index in [4.69, 9.17) is 0 Å². The van der Waals surface area contributed by atoms with E-state index >= 15 is 0 Å². The summed E-state index contributed by atoms with van der Waals surface area (Å²) in [6.45, 7) is 5.19. The zero-order valence-corrected chi connectivity index (χ0v) is 17.1. The molecule has 1 N–H and O–H groups in total. The number of nitrogens with zero attached hydrogens (tertiary/aromatic N) is 4. The summed E-state index contributed by atoms with van der Waals surface area (Å²) in [6, 6.07) is 9.42. The van der Waals surface area contributed by atoms with Gasteiger partial charge in [0.25, 0.3) is 5.91 Å². The number of aromatic nitrogens is 3. The van der Waals surface area contributed by atoms with Crippen LogP contribution < -0.4 is 5.32 Å². The number of rotatable bonds is 4. The molecule has 4 rings (SSSR count). The minimum absolute atomic E-state index is 0.203.